The predicted molar refractivity (Wildman–Crippen MR) is 146 cm³/mol. The molecule has 2 heterocycles. The third kappa shape index (κ3) is 4.00. The molecule has 0 fully saturated rings. The lowest BCUT2D eigenvalue weighted by atomic mass is 9.89. The van der Waals surface area contributed by atoms with E-state index >= 15 is 0 Å². The van der Waals surface area contributed by atoms with Gasteiger partial charge in [0.05, 0.1) is 29.3 Å². The maximum atomic E-state index is 13.9. The molecule has 0 radical (unpaired) electrons. The molecule has 0 bridgehead atoms. The highest BCUT2D eigenvalue weighted by Gasteiger charge is 2.33. The SMILES string of the molecule is COc1ccc(C=c2sc3n(c2=O)[C@@H](c2c(OC)ccc4ccccc24)C(C(C)=O)=C(C)N=3)cc1Br. The van der Waals surface area contributed by atoms with E-state index in [1.807, 2.05) is 67.6 Å². The molecule has 1 aliphatic rings. The number of fused-ring (bicyclic) bond motifs is 2. The molecule has 0 saturated heterocycles. The number of hydrogen-bond donors (Lipinski definition) is 0. The molecule has 0 aliphatic carbocycles. The van der Waals surface area contributed by atoms with Gasteiger partial charge in [-0.2, -0.15) is 0 Å². The fourth-order valence-corrected chi connectivity index (χ4v) is 6.31. The van der Waals surface area contributed by atoms with Gasteiger partial charge in [-0.05, 0) is 70.4 Å². The second-order valence-corrected chi connectivity index (χ2v) is 10.3. The van der Waals surface area contributed by atoms with E-state index in [0.29, 0.717) is 32.1 Å². The van der Waals surface area contributed by atoms with E-state index in [2.05, 4.69) is 20.9 Å². The quantitative estimate of drug-likeness (QED) is 0.351. The molecule has 0 spiro atoms. The van der Waals surface area contributed by atoms with Gasteiger partial charge in [0.25, 0.3) is 5.56 Å². The van der Waals surface area contributed by atoms with Crippen molar-refractivity contribution < 1.29 is 14.3 Å². The molecule has 8 heteroatoms. The summed E-state index contributed by atoms with van der Waals surface area (Å²) in [5, 5.41) is 1.92. The van der Waals surface area contributed by atoms with E-state index in [4.69, 9.17) is 9.47 Å². The van der Waals surface area contributed by atoms with Crippen molar-refractivity contribution in [2.45, 2.75) is 19.9 Å². The molecule has 0 unspecified atom stereocenters. The Labute approximate surface area is 220 Å². The van der Waals surface area contributed by atoms with Crippen LogP contribution in [0.1, 0.15) is 31.0 Å². The summed E-state index contributed by atoms with van der Waals surface area (Å²) in [5.74, 6) is 1.18. The van der Waals surface area contributed by atoms with Gasteiger partial charge < -0.3 is 9.47 Å². The van der Waals surface area contributed by atoms with Crippen LogP contribution in [-0.4, -0.2) is 24.6 Å². The topological polar surface area (TPSA) is 69.9 Å². The van der Waals surface area contributed by atoms with Crippen molar-refractivity contribution in [3.05, 3.63) is 101 Å². The molecule has 3 aromatic carbocycles. The highest BCUT2D eigenvalue weighted by molar-refractivity contribution is 9.10. The molecule has 6 nitrogen and oxygen atoms in total. The second kappa shape index (κ2) is 9.52. The van der Waals surface area contributed by atoms with Gasteiger partial charge in [-0.3, -0.25) is 14.2 Å². The minimum absolute atomic E-state index is 0.135. The van der Waals surface area contributed by atoms with Crippen molar-refractivity contribution in [2.24, 2.45) is 4.99 Å². The van der Waals surface area contributed by atoms with Crippen LogP contribution in [0, 0.1) is 0 Å². The van der Waals surface area contributed by atoms with Gasteiger partial charge in [-0.1, -0.05) is 47.7 Å². The van der Waals surface area contributed by atoms with Crippen molar-refractivity contribution in [1.29, 1.82) is 0 Å². The lowest BCUT2D eigenvalue weighted by Gasteiger charge is -2.27. The van der Waals surface area contributed by atoms with Gasteiger partial charge in [0.2, 0.25) is 0 Å². The average Bonchev–Trinajstić information content (AvgIpc) is 3.16. The predicted octanol–water partition coefficient (Wildman–Crippen LogP) is 4.76. The summed E-state index contributed by atoms with van der Waals surface area (Å²) in [6.07, 6.45) is 1.83. The highest BCUT2D eigenvalue weighted by atomic mass is 79.9. The Balaban J connectivity index is 1.82. The molecule has 0 saturated carbocycles. The van der Waals surface area contributed by atoms with Crippen LogP contribution in [0.25, 0.3) is 16.8 Å². The Morgan fingerprint density at radius 3 is 2.50 bits per heavy atom. The Bertz CT molecular complexity index is 1750. The molecule has 1 aromatic heterocycles. The molecule has 0 amide bonds. The van der Waals surface area contributed by atoms with Gasteiger partial charge in [0, 0.05) is 16.8 Å². The van der Waals surface area contributed by atoms with E-state index in [1.54, 1.807) is 18.8 Å². The van der Waals surface area contributed by atoms with E-state index in [9.17, 15) is 9.59 Å². The van der Waals surface area contributed by atoms with Crippen molar-refractivity contribution in [3.8, 4) is 11.5 Å². The standard InChI is InChI=1S/C28H23BrN2O4S/c1-15-24(16(2)32)26(25-19-8-6-5-7-18(19)10-12-22(25)35-4)31-27(33)23(36-28(31)30-15)14-17-9-11-21(34-3)20(29)13-17/h5-14,26H,1-4H3/t26-/m1/s1. The molecule has 5 rings (SSSR count). The summed E-state index contributed by atoms with van der Waals surface area (Å²) in [6, 6.07) is 16.7. The number of nitrogens with zero attached hydrogens (tertiary/aromatic N) is 2. The van der Waals surface area contributed by atoms with Crippen molar-refractivity contribution >= 4 is 49.9 Å². The van der Waals surface area contributed by atoms with E-state index < -0.39 is 6.04 Å². The van der Waals surface area contributed by atoms with Crippen LogP contribution in [-0.2, 0) is 4.79 Å². The molecule has 0 N–H and O–H groups in total. The van der Waals surface area contributed by atoms with Gasteiger partial charge in [0.1, 0.15) is 11.5 Å². The van der Waals surface area contributed by atoms with Crippen LogP contribution in [0.15, 0.2) is 80.1 Å². The number of methoxy groups -OCH3 is 2. The van der Waals surface area contributed by atoms with Crippen molar-refractivity contribution in [2.75, 3.05) is 14.2 Å². The Hall–Kier alpha value is -3.49. The van der Waals surface area contributed by atoms with E-state index in [-0.39, 0.29) is 11.3 Å². The van der Waals surface area contributed by atoms with E-state index in [1.165, 1.54) is 18.3 Å². The minimum atomic E-state index is -0.662. The largest absolute Gasteiger partial charge is 0.496 e. The van der Waals surface area contributed by atoms with Gasteiger partial charge in [0.15, 0.2) is 10.6 Å². The van der Waals surface area contributed by atoms with Crippen molar-refractivity contribution in [1.82, 2.24) is 4.57 Å². The van der Waals surface area contributed by atoms with Crippen LogP contribution in [0.5, 0.6) is 11.5 Å². The number of ether oxygens (including phenoxy) is 2. The Morgan fingerprint density at radius 2 is 1.81 bits per heavy atom. The molecular weight excluding hydrogens is 540 g/mol. The smallest absolute Gasteiger partial charge is 0.271 e. The maximum Gasteiger partial charge on any atom is 0.271 e. The molecule has 1 aliphatic heterocycles. The molecule has 36 heavy (non-hydrogen) atoms. The number of rotatable bonds is 5. The van der Waals surface area contributed by atoms with Gasteiger partial charge in [-0.25, -0.2) is 4.99 Å². The zero-order chi connectivity index (χ0) is 25.6. The third-order valence-electron chi connectivity index (χ3n) is 6.30. The zero-order valence-electron chi connectivity index (χ0n) is 20.2. The summed E-state index contributed by atoms with van der Waals surface area (Å²) < 4.78 is 14.0. The number of Topliss-reactive ketones (excluding diaryl/α,β-unsaturated/α-hetero) is 1. The number of ketones is 1. The molecule has 4 aromatic rings. The van der Waals surface area contributed by atoms with Crippen molar-refractivity contribution in [3.63, 3.8) is 0 Å². The minimum Gasteiger partial charge on any atom is -0.496 e. The summed E-state index contributed by atoms with van der Waals surface area (Å²) in [6.45, 7) is 3.34. The number of benzene rings is 3. The Kier molecular flexibility index (Phi) is 6.40. The van der Waals surface area contributed by atoms with Crippen LogP contribution in [0.4, 0.5) is 0 Å². The van der Waals surface area contributed by atoms with E-state index in [0.717, 1.165) is 26.4 Å². The van der Waals surface area contributed by atoms with Crippen LogP contribution < -0.4 is 24.4 Å². The first-order chi connectivity index (χ1) is 17.3. The molecule has 182 valence electrons. The van der Waals surface area contributed by atoms with Gasteiger partial charge >= 0.3 is 0 Å². The summed E-state index contributed by atoms with van der Waals surface area (Å²) in [7, 11) is 3.21. The molecule has 1 atom stereocenters. The van der Waals surface area contributed by atoms with Crippen LogP contribution in [0.3, 0.4) is 0 Å². The number of carbonyl (C=O) groups excluding carboxylic acids is 1. The average molecular weight is 563 g/mol. The Morgan fingerprint density at radius 1 is 1.08 bits per heavy atom. The monoisotopic (exact) mass is 562 g/mol. The second-order valence-electron chi connectivity index (χ2n) is 8.43. The number of halogens is 1. The molecular formula is C28H23BrN2O4S. The maximum absolute atomic E-state index is 13.9. The first-order valence-corrected chi connectivity index (χ1v) is 12.9. The fraction of sp³-hybridized carbons (Fsp3) is 0.179. The summed E-state index contributed by atoms with van der Waals surface area (Å²) in [4.78, 5) is 32.1. The fourth-order valence-electron chi connectivity index (χ4n) is 4.70. The first kappa shape index (κ1) is 24.2. The summed E-state index contributed by atoms with van der Waals surface area (Å²) in [5.41, 5.74) is 2.49. The van der Waals surface area contributed by atoms with Crippen LogP contribution >= 0.6 is 27.3 Å². The lowest BCUT2D eigenvalue weighted by molar-refractivity contribution is -0.114. The summed E-state index contributed by atoms with van der Waals surface area (Å²) >= 11 is 4.81. The first-order valence-electron chi connectivity index (χ1n) is 11.3. The van der Waals surface area contributed by atoms with Gasteiger partial charge in [-0.15, -0.1) is 0 Å². The normalized spacial score (nSPS) is 15.6. The van der Waals surface area contributed by atoms with Crippen LogP contribution in [0.2, 0.25) is 0 Å². The highest BCUT2D eigenvalue weighted by Crippen LogP contribution is 2.40. The number of allylic oxidation sites excluding steroid dienone is 2. The number of carbonyl (C=O) groups is 1. The third-order valence-corrected chi connectivity index (χ3v) is 7.90. The zero-order valence-corrected chi connectivity index (χ0v) is 22.6. The number of aromatic nitrogens is 1. The number of thiazole rings is 1. The number of hydrogen-bond acceptors (Lipinski definition) is 6. The lowest BCUT2D eigenvalue weighted by Crippen LogP contribution is -2.39.